The normalized spacial score (nSPS) is 13.0. The molecule has 1 rings (SSSR count). The van der Waals surface area contributed by atoms with Gasteiger partial charge >= 0.3 is 11.9 Å². The summed E-state index contributed by atoms with van der Waals surface area (Å²) in [5.41, 5.74) is 6.58. The summed E-state index contributed by atoms with van der Waals surface area (Å²) in [4.78, 5) is 35.3. The van der Waals surface area contributed by atoms with Crippen LogP contribution in [0.3, 0.4) is 0 Å². The van der Waals surface area contributed by atoms with Crippen molar-refractivity contribution in [2.45, 2.75) is 32.4 Å². The van der Waals surface area contributed by atoms with Gasteiger partial charge in [0.05, 0.1) is 24.1 Å². The summed E-state index contributed by atoms with van der Waals surface area (Å²) in [6.07, 6.45) is 0.0298. The van der Waals surface area contributed by atoms with Crippen molar-refractivity contribution in [1.82, 2.24) is 0 Å². The standard InChI is InChI=1S/C16H23N3O5/c1-3-19(4-2)10-5-6-13(11(7-10)16(23)24)18-14(8-15(21)22)12(17)9-20/h5-7,9,12,14,18H,3-4,8,17H2,1-2H3,(H,21,22)(H,23,24)/t12-,14?/m1/s1. The summed E-state index contributed by atoms with van der Waals surface area (Å²) in [5.74, 6) is -2.29. The summed E-state index contributed by atoms with van der Waals surface area (Å²) in [6.45, 7) is 5.37. The zero-order valence-corrected chi connectivity index (χ0v) is 13.7. The van der Waals surface area contributed by atoms with Crippen LogP contribution in [0.1, 0.15) is 30.6 Å². The van der Waals surface area contributed by atoms with Crippen molar-refractivity contribution in [3.05, 3.63) is 23.8 Å². The van der Waals surface area contributed by atoms with Gasteiger partial charge in [-0.1, -0.05) is 0 Å². The Kier molecular flexibility index (Phi) is 7.19. The fourth-order valence-electron chi connectivity index (χ4n) is 2.39. The second kappa shape index (κ2) is 8.88. The van der Waals surface area contributed by atoms with E-state index < -0.39 is 30.4 Å². The zero-order valence-electron chi connectivity index (χ0n) is 13.7. The van der Waals surface area contributed by atoms with Gasteiger partial charge in [-0.3, -0.25) is 4.79 Å². The number of rotatable bonds is 10. The molecule has 8 heteroatoms. The molecule has 0 saturated heterocycles. The van der Waals surface area contributed by atoms with Crippen LogP contribution in [0.5, 0.6) is 0 Å². The molecule has 0 bridgehead atoms. The van der Waals surface area contributed by atoms with E-state index in [-0.39, 0.29) is 11.3 Å². The predicted molar refractivity (Wildman–Crippen MR) is 90.7 cm³/mol. The summed E-state index contributed by atoms with van der Waals surface area (Å²) >= 11 is 0. The molecule has 5 N–H and O–H groups in total. The van der Waals surface area contributed by atoms with Crippen molar-refractivity contribution in [2.24, 2.45) is 5.73 Å². The number of carboxylic acid groups (broad SMARTS) is 2. The molecule has 2 atom stereocenters. The molecule has 0 radical (unpaired) electrons. The lowest BCUT2D eigenvalue weighted by Crippen LogP contribution is -2.43. The molecule has 8 nitrogen and oxygen atoms in total. The van der Waals surface area contributed by atoms with Gasteiger partial charge in [0, 0.05) is 24.5 Å². The van der Waals surface area contributed by atoms with E-state index in [1.807, 2.05) is 18.7 Å². The maximum atomic E-state index is 11.5. The summed E-state index contributed by atoms with van der Waals surface area (Å²) in [6, 6.07) is 2.85. The van der Waals surface area contributed by atoms with Crippen molar-refractivity contribution in [2.75, 3.05) is 23.3 Å². The molecule has 24 heavy (non-hydrogen) atoms. The molecule has 1 unspecified atom stereocenters. The lowest BCUT2D eigenvalue weighted by atomic mass is 10.0. The second-order valence-electron chi connectivity index (χ2n) is 5.27. The van der Waals surface area contributed by atoms with Crippen molar-refractivity contribution in [3.63, 3.8) is 0 Å². The molecule has 0 heterocycles. The summed E-state index contributed by atoms with van der Waals surface area (Å²) < 4.78 is 0. The van der Waals surface area contributed by atoms with Crippen molar-refractivity contribution >= 4 is 29.6 Å². The summed E-state index contributed by atoms with van der Waals surface area (Å²) in [7, 11) is 0. The number of anilines is 2. The van der Waals surface area contributed by atoms with E-state index in [0.717, 1.165) is 18.8 Å². The third kappa shape index (κ3) is 4.95. The number of carbonyl (C=O) groups excluding carboxylic acids is 1. The average molecular weight is 337 g/mol. The first-order valence-electron chi connectivity index (χ1n) is 7.65. The number of carboxylic acids is 2. The van der Waals surface area contributed by atoms with Crippen molar-refractivity contribution < 1.29 is 24.6 Å². The molecule has 0 saturated carbocycles. The first-order chi connectivity index (χ1) is 11.3. The lowest BCUT2D eigenvalue weighted by molar-refractivity contribution is -0.137. The minimum atomic E-state index is -1.15. The fourth-order valence-corrected chi connectivity index (χ4v) is 2.39. The SMILES string of the molecule is CCN(CC)c1ccc(NC(CC(=O)O)[C@H](N)C=O)c(C(=O)O)c1. The van der Waals surface area contributed by atoms with Gasteiger partial charge in [0.1, 0.15) is 6.29 Å². The second-order valence-corrected chi connectivity index (χ2v) is 5.27. The maximum Gasteiger partial charge on any atom is 0.337 e. The Morgan fingerprint density at radius 3 is 2.38 bits per heavy atom. The molecule has 0 aliphatic carbocycles. The molecule has 0 aliphatic rings. The van der Waals surface area contributed by atoms with Gasteiger partial charge < -0.3 is 31.0 Å². The van der Waals surface area contributed by atoms with Gasteiger partial charge in [-0.2, -0.15) is 0 Å². The maximum absolute atomic E-state index is 11.5. The third-order valence-corrected chi connectivity index (χ3v) is 3.72. The van der Waals surface area contributed by atoms with Gasteiger partial charge in [0.15, 0.2) is 0 Å². The number of nitrogens with one attached hydrogen (secondary N) is 1. The molecule has 1 aromatic rings. The van der Waals surface area contributed by atoms with Crippen molar-refractivity contribution in [1.29, 1.82) is 0 Å². The minimum Gasteiger partial charge on any atom is -0.481 e. The number of benzene rings is 1. The molecule has 0 aliphatic heterocycles. The monoisotopic (exact) mass is 337 g/mol. The first kappa shape index (κ1) is 19.4. The van der Waals surface area contributed by atoms with Crippen LogP contribution >= 0.6 is 0 Å². The number of hydrogen-bond donors (Lipinski definition) is 4. The van der Waals surface area contributed by atoms with Gasteiger partial charge in [-0.15, -0.1) is 0 Å². The fraction of sp³-hybridized carbons (Fsp3) is 0.438. The average Bonchev–Trinajstić information content (AvgIpc) is 2.55. The van der Waals surface area contributed by atoms with E-state index in [1.165, 1.54) is 6.07 Å². The molecule has 0 spiro atoms. The van der Waals surface area contributed by atoms with Gasteiger partial charge in [-0.25, -0.2) is 4.79 Å². The molecule has 0 fully saturated rings. The van der Waals surface area contributed by atoms with Gasteiger partial charge in [0.25, 0.3) is 0 Å². The van der Waals surface area contributed by atoms with Crippen molar-refractivity contribution in [3.8, 4) is 0 Å². The van der Waals surface area contributed by atoms with E-state index in [1.54, 1.807) is 12.1 Å². The van der Waals surface area contributed by atoms with Crippen LogP contribution in [-0.4, -0.2) is 53.6 Å². The number of nitrogens with zero attached hydrogens (tertiary/aromatic N) is 1. The number of nitrogens with two attached hydrogens (primary N) is 1. The Hall–Kier alpha value is -2.61. The Morgan fingerprint density at radius 1 is 1.29 bits per heavy atom. The van der Waals surface area contributed by atoms with E-state index in [2.05, 4.69) is 5.32 Å². The van der Waals surface area contributed by atoms with Crippen LogP contribution in [0, 0.1) is 0 Å². The highest BCUT2D eigenvalue weighted by atomic mass is 16.4. The highest BCUT2D eigenvalue weighted by Gasteiger charge is 2.23. The van der Waals surface area contributed by atoms with Crippen LogP contribution in [0.4, 0.5) is 11.4 Å². The van der Waals surface area contributed by atoms with Crippen LogP contribution < -0.4 is 16.0 Å². The quantitative estimate of drug-likeness (QED) is 0.465. The lowest BCUT2D eigenvalue weighted by Gasteiger charge is -2.25. The Labute approximate surface area is 140 Å². The van der Waals surface area contributed by atoms with Gasteiger partial charge in [0.2, 0.25) is 0 Å². The number of carbonyl (C=O) groups is 3. The van der Waals surface area contributed by atoms with Crippen LogP contribution in [0.2, 0.25) is 0 Å². The Balaban J connectivity index is 3.19. The van der Waals surface area contributed by atoms with E-state index >= 15 is 0 Å². The number of aliphatic carboxylic acids is 1. The molecule has 0 amide bonds. The largest absolute Gasteiger partial charge is 0.481 e. The Bertz CT molecular complexity index is 601. The molecule has 1 aromatic carbocycles. The smallest absolute Gasteiger partial charge is 0.337 e. The zero-order chi connectivity index (χ0) is 18.3. The molecular weight excluding hydrogens is 314 g/mol. The Morgan fingerprint density at radius 2 is 1.92 bits per heavy atom. The van der Waals surface area contributed by atoms with Crippen LogP contribution in [0.25, 0.3) is 0 Å². The predicted octanol–water partition coefficient (Wildman–Crippen LogP) is 1.01. The minimum absolute atomic E-state index is 0.00659. The highest BCUT2D eigenvalue weighted by Crippen LogP contribution is 2.25. The third-order valence-electron chi connectivity index (χ3n) is 3.72. The van der Waals surface area contributed by atoms with E-state index in [9.17, 15) is 19.5 Å². The molecular formula is C16H23N3O5. The molecule has 132 valence electrons. The first-order valence-corrected chi connectivity index (χ1v) is 7.65. The number of aromatic carboxylic acids is 1. The molecule has 0 aromatic heterocycles. The number of aldehydes is 1. The van der Waals surface area contributed by atoms with Gasteiger partial charge in [-0.05, 0) is 32.0 Å². The van der Waals surface area contributed by atoms with Crippen LogP contribution in [-0.2, 0) is 9.59 Å². The summed E-state index contributed by atoms with van der Waals surface area (Å²) in [5, 5.41) is 21.1. The van der Waals surface area contributed by atoms with E-state index in [4.69, 9.17) is 10.8 Å². The topological polar surface area (TPSA) is 133 Å². The number of hydrogen-bond acceptors (Lipinski definition) is 6. The van der Waals surface area contributed by atoms with E-state index in [0.29, 0.717) is 6.29 Å². The highest BCUT2D eigenvalue weighted by molar-refractivity contribution is 5.95. The van der Waals surface area contributed by atoms with Crippen LogP contribution in [0.15, 0.2) is 18.2 Å².